The Morgan fingerprint density at radius 2 is 1.89 bits per heavy atom. The van der Waals surface area contributed by atoms with E-state index in [-0.39, 0.29) is 11.1 Å². The maximum atomic E-state index is 12.9. The van der Waals surface area contributed by atoms with E-state index in [4.69, 9.17) is 11.6 Å². The first-order valence-electron chi connectivity index (χ1n) is 5.69. The van der Waals surface area contributed by atoms with Crippen LogP contribution in [0.3, 0.4) is 0 Å². The van der Waals surface area contributed by atoms with E-state index in [1.165, 1.54) is 18.2 Å². The molecule has 0 radical (unpaired) electrons. The molecule has 2 N–H and O–H groups in total. The molecule has 0 unspecified atom stereocenters. The quantitative estimate of drug-likeness (QED) is 0.881. The Hall–Kier alpha value is -2.07. The number of benzene rings is 2. The topological polar surface area (TPSA) is 41.1 Å². The Labute approximate surface area is 115 Å². The number of amides is 2. The highest BCUT2D eigenvalue weighted by Gasteiger charge is 2.04. The molecule has 0 fully saturated rings. The summed E-state index contributed by atoms with van der Waals surface area (Å²) in [7, 11) is 0. The van der Waals surface area contributed by atoms with Gasteiger partial charge in [0.05, 0.1) is 5.02 Å². The lowest BCUT2D eigenvalue weighted by Gasteiger charge is -2.08. The van der Waals surface area contributed by atoms with Gasteiger partial charge in [0, 0.05) is 12.2 Å². The highest BCUT2D eigenvalue weighted by molar-refractivity contribution is 6.31. The van der Waals surface area contributed by atoms with Crippen molar-refractivity contribution >= 4 is 23.3 Å². The van der Waals surface area contributed by atoms with Gasteiger partial charge in [0.25, 0.3) is 0 Å². The van der Waals surface area contributed by atoms with Crippen LogP contribution >= 0.6 is 11.6 Å². The molecule has 98 valence electrons. The molecule has 0 aromatic heterocycles. The lowest BCUT2D eigenvalue weighted by atomic mass is 10.2. The van der Waals surface area contributed by atoms with E-state index in [2.05, 4.69) is 10.6 Å². The Bertz CT molecular complexity index is 575. The van der Waals surface area contributed by atoms with Crippen molar-refractivity contribution in [3.63, 3.8) is 0 Å². The summed E-state index contributed by atoms with van der Waals surface area (Å²) < 4.78 is 12.9. The summed E-state index contributed by atoms with van der Waals surface area (Å²) in [6.07, 6.45) is 0. The number of nitrogens with one attached hydrogen (secondary N) is 2. The number of anilines is 1. The zero-order valence-electron chi connectivity index (χ0n) is 9.99. The third-order valence-corrected chi connectivity index (χ3v) is 2.76. The van der Waals surface area contributed by atoms with Crippen LogP contribution in [-0.4, -0.2) is 6.03 Å². The van der Waals surface area contributed by atoms with Crippen molar-refractivity contribution in [3.05, 3.63) is 64.9 Å². The van der Waals surface area contributed by atoms with E-state index in [9.17, 15) is 9.18 Å². The second-order valence-corrected chi connectivity index (χ2v) is 4.33. The summed E-state index contributed by atoms with van der Waals surface area (Å²) in [6, 6.07) is 13.2. The van der Waals surface area contributed by atoms with Gasteiger partial charge in [-0.05, 0) is 23.8 Å². The van der Waals surface area contributed by atoms with Gasteiger partial charge in [-0.3, -0.25) is 0 Å². The average molecular weight is 279 g/mol. The van der Waals surface area contributed by atoms with Gasteiger partial charge in [-0.2, -0.15) is 0 Å². The predicted octanol–water partition coefficient (Wildman–Crippen LogP) is 3.80. The van der Waals surface area contributed by atoms with Gasteiger partial charge in [-0.1, -0.05) is 41.9 Å². The van der Waals surface area contributed by atoms with Crippen LogP contribution in [0.4, 0.5) is 14.9 Å². The maximum absolute atomic E-state index is 12.9. The summed E-state index contributed by atoms with van der Waals surface area (Å²) in [5.74, 6) is -0.517. The minimum Gasteiger partial charge on any atom is -0.334 e. The zero-order valence-corrected chi connectivity index (χ0v) is 10.7. The molecule has 0 atom stereocenters. The summed E-state index contributed by atoms with van der Waals surface area (Å²) in [6.45, 7) is 0.418. The number of urea groups is 1. The van der Waals surface area contributed by atoms with Crippen molar-refractivity contribution in [3.8, 4) is 0 Å². The van der Waals surface area contributed by atoms with Crippen LogP contribution in [0.1, 0.15) is 5.56 Å². The highest BCUT2D eigenvalue weighted by atomic mass is 35.5. The molecule has 2 aromatic rings. The number of hydrogen-bond acceptors (Lipinski definition) is 1. The third-order valence-electron chi connectivity index (χ3n) is 2.47. The molecule has 2 rings (SSSR count). The molecule has 0 aliphatic carbocycles. The first-order valence-corrected chi connectivity index (χ1v) is 6.07. The smallest absolute Gasteiger partial charge is 0.319 e. The standard InChI is InChI=1S/C14H12ClFN2O/c15-12-8-11(6-7-13(12)16)18-14(19)17-9-10-4-2-1-3-5-10/h1-8H,9H2,(H2,17,18,19). The number of halogens is 2. The van der Waals surface area contributed by atoms with Crippen molar-refractivity contribution in [2.75, 3.05) is 5.32 Å². The van der Waals surface area contributed by atoms with Crippen molar-refractivity contribution in [1.82, 2.24) is 5.32 Å². The summed E-state index contributed by atoms with van der Waals surface area (Å²) in [5.41, 5.74) is 1.44. The van der Waals surface area contributed by atoms with Gasteiger partial charge in [-0.15, -0.1) is 0 Å². The Morgan fingerprint density at radius 1 is 1.16 bits per heavy atom. The van der Waals surface area contributed by atoms with Gasteiger partial charge in [0.2, 0.25) is 0 Å². The Kier molecular flexibility index (Phi) is 4.36. The van der Waals surface area contributed by atoms with Crippen molar-refractivity contribution in [2.45, 2.75) is 6.54 Å². The Morgan fingerprint density at radius 3 is 2.58 bits per heavy atom. The second kappa shape index (κ2) is 6.20. The van der Waals surface area contributed by atoms with Gasteiger partial charge in [-0.25, -0.2) is 9.18 Å². The van der Waals surface area contributed by atoms with E-state index in [0.717, 1.165) is 5.56 Å². The molecule has 0 saturated heterocycles. The van der Waals surface area contributed by atoms with Crippen LogP contribution in [0.2, 0.25) is 5.02 Å². The molecule has 0 aliphatic rings. The zero-order chi connectivity index (χ0) is 13.7. The molecule has 0 spiro atoms. The highest BCUT2D eigenvalue weighted by Crippen LogP contribution is 2.19. The van der Waals surface area contributed by atoms with Crippen LogP contribution in [0, 0.1) is 5.82 Å². The summed E-state index contributed by atoms with van der Waals surface area (Å²) >= 11 is 5.62. The number of hydrogen-bond donors (Lipinski definition) is 2. The van der Waals surface area contributed by atoms with E-state index >= 15 is 0 Å². The van der Waals surface area contributed by atoms with Gasteiger partial charge in [0.15, 0.2) is 0 Å². The molecule has 5 heteroatoms. The van der Waals surface area contributed by atoms with E-state index in [1.54, 1.807) is 0 Å². The molecular formula is C14H12ClFN2O. The van der Waals surface area contributed by atoms with E-state index < -0.39 is 5.82 Å². The average Bonchev–Trinajstić information content (AvgIpc) is 2.42. The number of rotatable bonds is 3. The molecular weight excluding hydrogens is 267 g/mol. The van der Waals surface area contributed by atoms with Crippen LogP contribution in [-0.2, 0) is 6.54 Å². The van der Waals surface area contributed by atoms with Crippen LogP contribution in [0.25, 0.3) is 0 Å². The Balaban J connectivity index is 1.89. The van der Waals surface area contributed by atoms with Gasteiger partial charge < -0.3 is 10.6 Å². The molecule has 3 nitrogen and oxygen atoms in total. The molecule has 0 saturated carbocycles. The molecule has 0 bridgehead atoms. The van der Waals surface area contributed by atoms with Gasteiger partial charge in [0.1, 0.15) is 5.82 Å². The summed E-state index contributed by atoms with van der Waals surface area (Å²) in [4.78, 5) is 11.6. The normalized spacial score (nSPS) is 10.0. The van der Waals surface area contributed by atoms with Crippen LogP contribution in [0.5, 0.6) is 0 Å². The third kappa shape index (κ3) is 3.96. The molecule has 2 amide bonds. The maximum Gasteiger partial charge on any atom is 0.319 e. The predicted molar refractivity (Wildman–Crippen MR) is 73.7 cm³/mol. The lowest BCUT2D eigenvalue weighted by Crippen LogP contribution is -2.28. The minimum atomic E-state index is -0.517. The fourth-order valence-electron chi connectivity index (χ4n) is 1.53. The fraction of sp³-hybridized carbons (Fsp3) is 0.0714. The largest absolute Gasteiger partial charge is 0.334 e. The number of carbonyl (C=O) groups excluding carboxylic acids is 1. The van der Waals surface area contributed by atoms with Crippen molar-refractivity contribution < 1.29 is 9.18 Å². The van der Waals surface area contributed by atoms with Crippen LogP contribution < -0.4 is 10.6 Å². The SMILES string of the molecule is O=C(NCc1ccccc1)Nc1ccc(F)c(Cl)c1. The second-order valence-electron chi connectivity index (χ2n) is 3.92. The molecule has 0 heterocycles. The van der Waals surface area contributed by atoms with Crippen molar-refractivity contribution in [1.29, 1.82) is 0 Å². The molecule has 2 aromatic carbocycles. The lowest BCUT2D eigenvalue weighted by molar-refractivity contribution is 0.251. The monoisotopic (exact) mass is 278 g/mol. The fourth-order valence-corrected chi connectivity index (χ4v) is 1.71. The van der Waals surface area contributed by atoms with Crippen molar-refractivity contribution in [2.24, 2.45) is 0 Å². The van der Waals surface area contributed by atoms with Crippen LogP contribution in [0.15, 0.2) is 48.5 Å². The molecule has 0 aliphatic heterocycles. The van der Waals surface area contributed by atoms with E-state index in [0.29, 0.717) is 12.2 Å². The minimum absolute atomic E-state index is 0.0270. The first-order chi connectivity index (χ1) is 9.15. The van der Waals surface area contributed by atoms with E-state index in [1.807, 2.05) is 30.3 Å². The molecule has 19 heavy (non-hydrogen) atoms. The summed E-state index contributed by atoms with van der Waals surface area (Å²) in [5, 5.41) is 5.25. The van der Waals surface area contributed by atoms with Gasteiger partial charge >= 0.3 is 6.03 Å². The number of carbonyl (C=O) groups is 1. The first kappa shape index (κ1) is 13.4.